The van der Waals surface area contributed by atoms with Gasteiger partial charge in [0, 0.05) is 6.20 Å². The van der Waals surface area contributed by atoms with E-state index in [1.54, 1.807) is 0 Å². The summed E-state index contributed by atoms with van der Waals surface area (Å²) in [4.78, 5) is 12.5. The van der Waals surface area contributed by atoms with E-state index in [1.165, 1.54) is 31.3 Å². The summed E-state index contributed by atoms with van der Waals surface area (Å²) in [7, 11) is 0. The molecule has 0 radical (unpaired) electrons. The number of hydrogen-bond acceptors (Lipinski definition) is 1. The van der Waals surface area contributed by atoms with Gasteiger partial charge in [0.05, 0.1) is 6.04 Å². The summed E-state index contributed by atoms with van der Waals surface area (Å²) >= 11 is 0. The van der Waals surface area contributed by atoms with Crippen LogP contribution in [-0.4, -0.2) is 6.03 Å². The van der Waals surface area contributed by atoms with Gasteiger partial charge in [0.25, 0.3) is 0 Å². The van der Waals surface area contributed by atoms with E-state index in [2.05, 4.69) is 17.6 Å². The van der Waals surface area contributed by atoms with Crippen LogP contribution in [0.1, 0.15) is 49.8 Å². The Hall–Kier alpha value is -2.55. The van der Waals surface area contributed by atoms with Gasteiger partial charge in [-0.15, -0.1) is 0 Å². The van der Waals surface area contributed by atoms with Crippen LogP contribution in [0, 0.1) is 5.92 Å². The van der Waals surface area contributed by atoms with Gasteiger partial charge in [-0.1, -0.05) is 79.1 Å². The molecule has 130 valence electrons. The fraction of sp³-hybridized carbons (Fsp3) is 0.318. The Kier molecular flexibility index (Phi) is 5.89. The highest BCUT2D eigenvalue weighted by Crippen LogP contribution is 2.30. The van der Waals surface area contributed by atoms with Gasteiger partial charge in [-0.25, -0.2) is 4.79 Å². The molecule has 1 aliphatic carbocycles. The second-order valence-electron chi connectivity index (χ2n) is 6.74. The number of allylic oxidation sites excluding steroid dienone is 1. The molecule has 0 saturated heterocycles. The van der Waals surface area contributed by atoms with Crippen molar-refractivity contribution in [1.29, 1.82) is 0 Å². The van der Waals surface area contributed by atoms with Crippen LogP contribution >= 0.6 is 0 Å². The molecule has 1 fully saturated rings. The van der Waals surface area contributed by atoms with Gasteiger partial charge in [0.15, 0.2) is 0 Å². The van der Waals surface area contributed by atoms with Crippen LogP contribution in [-0.2, 0) is 0 Å². The average molecular weight is 334 g/mol. The van der Waals surface area contributed by atoms with E-state index in [9.17, 15) is 4.79 Å². The first-order valence-corrected chi connectivity index (χ1v) is 9.07. The third-order valence-corrected chi connectivity index (χ3v) is 4.97. The monoisotopic (exact) mass is 334 g/mol. The molecule has 25 heavy (non-hydrogen) atoms. The number of carbonyl (C=O) groups excluding carboxylic acids is 1. The summed E-state index contributed by atoms with van der Waals surface area (Å²) in [5.74, 6) is 0.624. The minimum absolute atomic E-state index is 0.164. The van der Waals surface area contributed by atoms with Gasteiger partial charge in [0.1, 0.15) is 0 Å². The Morgan fingerprint density at radius 3 is 2.00 bits per heavy atom. The Balaban J connectivity index is 1.70. The second kappa shape index (κ2) is 8.52. The van der Waals surface area contributed by atoms with Gasteiger partial charge in [-0.3, -0.25) is 0 Å². The Bertz CT molecular complexity index is 664. The van der Waals surface area contributed by atoms with E-state index in [4.69, 9.17) is 0 Å². The van der Waals surface area contributed by atoms with Gasteiger partial charge < -0.3 is 10.6 Å². The van der Waals surface area contributed by atoms with Gasteiger partial charge in [-0.2, -0.15) is 0 Å². The molecule has 0 atom stereocenters. The molecule has 1 saturated carbocycles. The van der Waals surface area contributed by atoms with Crippen molar-refractivity contribution in [3.63, 3.8) is 0 Å². The molecule has 3 heteroatoms. The molecule has 0 heterocycles. The minimum Gasteiger partial charge on any atom is -0.327 e. The molecule has 0 spiro atoms. The molecule has 0 aromatic heterocycles. The fourth-order valence-corrected chi connectivity index (χ4v) is 3.50. The van der Waals surface area contributed by atoms with Crippen molar-refractivity contribution in [2.45, 2.75) is 38.6 Å². The first kappa shape index (κ1) is 17.3. The van der Waals surface area contributed by atoms with E-state index >= 15 is 0 Å². The quantitative estimate of drug-likeness (QED) is 0.778. The molecular weight excluding hydrogens is 308 g/mol. The molecule has 2 amide bonds. The number of urea groups is 1. The van der Waals surface area contributed by atoms with Crippen LogP contribution in [0.25, 0.3) is 0 Å². The van der Waals surface area contributed by atoms with Crippen molar-refractivity contribution < 1.29 is 4.79 Å². The van der Waals surface area contributed by atoms with Crippen molar-refractivity contribution in [2.75, 3.05) is 0 Å². The van der Waals surface area contributed by atoms with Crippen LogP contribution in [0.2, 0.25) is 0 Å². The number of amides is 2. The summed E-state index contributed by atoms with van der Waals surface area (Å²) in [6.07, 6.45) is 6.95. The van der Waals surface area contributed by atoms with Crippen LogP contribution in [0.3, 0.4) is 0 Å². The molecular formula is C22H26N2O. The molecule has 2 aromatic rings. The largest absolute Gasteiger partial charge is 0.327 e. The predicted molar refractivity (Wildman–Crippen MR) is 102 cm³/mol. The van der Waals surface area contributed by atoms with E-state index in [0.29, 0.717) is 5.92 Å². The maximum atomic E-state index is 12.5. The molecule has 3 rings (SSSR count). The average Bonchev–Trinajstić information content (AvgIpc) is 3.20. The number of benzene rings is 2. The van der Waals surface area contributed by atoms with E-state index < -0.39 is 0 Å². The molecule has 0 unspecified atom stereocenters. The summed E-state index contributed by atoms with van der Waals surface area (Å²) in [5, 5.41) is 6.02. The van der Waals surface area contributed by atoms with Crippen LogP contribution < -0.4 is 10.6 Å². The zero-order valence-corrected chi connectivity index (χ0v) is 14.7. The maximum absolute atomic E-state index is 12.5. The second-order valence-corrected chi connectivity index (χ2v) is 6.74. The minimum atomic E-state index is -0.171. The highest BCUT2D eigenvalue weighted by molar-refractivity contribution is 5.76. The smallest absolute Gasteiger partial charge is 0.319 e. The molecule has 0 bridgehead atoms. The zero-order valence-electron chi connectivity index (χ0n) is 14.7. The molecule has 0 aliphatic heterocycles. The van der Waals surface area contributed by atoms with Crippen LogP contribution in [0.15, 0.2) is 72.4 Å². The lowest BCUT2D eigenvalue weighted by molar-refractivity contribution is 0.242. The fourth-order valence-electron chi connectivity index (χ4n) is 3.50. The Morgan fingerprint density at radius 2 is 1.48 bits per heavy atom. The Labute approximate surface area is 150 Å². The first-order chi connectivity index (χ1) is 12.2. The SMILES string of the molecule is C/C(=C\NC(=O)NC(c1ccccc1)c1ccccc1)C1CCCC1. The zero-order chi connectivity index (χ0) is 17.5. The summed E-state index contributed by atoms with van der Waals surface area (Å²) in [5.41, 5.74) is 3.41. The standard InChI is InChI=1S/C22H26N2O/c1-17(18-10-8-9-11-18)16-23-22(25)24-21(19-12-4-2-5-13-19)20-14-6-3-7-15-20/h2-7,12-16,18,21H,8-11H2,1H3,(H2,23,24,25)/b17-16+. The van der Waals surface area contributed by atoms with Gasteiger partial charge >= 0.3 is 6.03 Å². The Morgan fingerprint density at radius 1 is 0.960 bits per heavy atom. The normalized spacial score (nSPS) is 15.4. The molecule has 3 nitrogen and oxygen atoms in total. The highest BCUT2D eigenvalue weighted by atomic mass is 16.2. The molecule has 1 aliphatic rings. The molecule has 2 aromatic carbocycles. The first-order valence-electron chi connectivity index (χ1n) is 9.07. The summed E-state index contributed by atoms with van der Waals surface area (Å²) < 4.78 is 0. The number of carbonyl (C=O) groups is 1. The predicted octanol–water partition coefficient (Wildman–Crippen LogP) is 5.17. The van der Waals surface area contributed by atoms with E-state index in [1.807, 2.05) is 66.9 Å². The third-order valence-electron chi connectivity index (χ3n) is 4.97. The van der Waals surface area contributed by atoms with Crippen LogP contribution in [0.5, 0.6) is 0 Å². The topological polar surface area (TPSA) is 41.1 Å². The van der Waals surface area contributed by atoms with Crippen LogP contribution in [0.4, 0.5) is 4.79 Å². The lowest BCUT2D eigenvalue weighted by Gasteiger charge is -2.20. The summed E-state index contributed by atoms with van der Waals surface area (Å²) in [6.45, 7) is 2.11. The summed E-state index contributed by atoms with van der Waals surface area (Å²) in [6, 6.07) is 19.8. The van der Waals surface area contributed by atoms with E-state index in [0.717, 1.165) is 11.1 Å². The number of nitrogens with one attached hydrogen (secondary N) is 2. The van der Waals surface area contributed by atoms with Crippen molar-refractivity contribution in [1.82, 2.24) is 10.6 Å². The van der Waals surface area contributed by atoms with Crippen molar-refractivity contribution >= 4 is 6.03 Å². The lowest BCUT2D eigenvalue weighted by Crippen LogP contribution is -2.36. The third kappa shape index (κ3) is 4.72. The number of hydrogen-bond donors (Lipinski definition) is 2. The number of rotatable bonds is 5. The van der Waals surface area contributed by atoms with Crippen molar-refractivity contribution in [3.8, 4) is 0 Å². The lowest BCUT2D eigenvalue weighted by atomic mass is 9.99. The van der Waals surface area contributed by atoms with Gasteiger partial charge in [0.2, 0.25) is 0 Å². The highest BCUT2D eigenvalue weighted by Gasteiger charge is 2.18. The van der Waals surface area contributed by atoms with Gasteiger partial charge in [-0.05, 0) is 36.8 Å². The molecule has 2 N–H and O–H groups in total. The van der Waals surface area contributed by atoms with E-state index in [-0.39, 0.29) is 12.1 Å². The maximum Gasteiger partial charge on any atom is 0.319 e. The van der Waals surface area contributed by atoms with Crippen molar-refractivity contribution in [2.24, 2.45) is 5.92 Å². The van der Waals surface area contributed by atoms with Crippen molar-refractivity contribution in [3.05, 3.63) is 83.6 Å².